The molecule has 2 aromatic carbocycles. The highest BCUT2D eigenvalue weighted by Crippen LogP contribution is 2.18. The van der Waals surface area contributed by atoms with E-state index in [1.807, 2.05) is 36.4 Å². The summed E-state index contributed by atoms with van der Waals surface area (Å²) in [4.78, 5) is 12.9. The molecule has 0 atom stereocenters. The summed E-state index contributed by atoms with van der Waals surface area (Å²) in [5, 5.41) is 7.25. The molecule has 2 rings (SSSR count). The van der Waals surface area contributed by atoms with Gasteiger partial charge in [0, 0.05) is 36.1 Å². The standard InChI is InChI=1S/C16H16ClN3OS/c1-11(21)20(2)15-8-6-13(7-9-15)18-16(22)19-14-5-3-4-12(17)10-14/h3-10H,1-2H3,(H2,18,19,22). The fourth-order valence-corrected chi connectivity index (χ4v) is 2.24. The first kappa shape index (κ1) is 16.3. The van der Waals surface area contributed by atoms with Crippen LogP contribution < -0.4 is 15.5 Å². The van der Waals surface area contributed by atoms with Crippen molar-refractivity contribution in [3.05, 3.63) is 53.6 Å². The fraction of sp³-hybridized carbons (Fsp3) is 0.125. The second kappa shape index (κ2) is 7.24. The molecule has 0 aliphatic heterocycles. The third kappa shape index (κ3) is 4.44. The molecule has 2 aromatic rings. The number of rotatable bonds is 3. The minimum atomic E-state index is -0.0150. The number of nitrogens with zero attached hydrogens (tertiary/aromatic N) is 1. The van der Waals surface area contributed by atoms with Gasteiger partial charge in [-0.05, 0) is 54.7 Å². The zero-order chi connectivity index (χ0) is 16.1. The predicted octanol–water partition coefficient (Wildman–Crippen LogP) is 4.13. The lowest BCUT2D eigenvalue weighted by molar-refractivity contribution is -0.116. The summed E-state index contributed by atoms with van der Waals surface area (Å²) in [7, 11) is 1.73. The summed E-state index contributed by atoms with van der Waals surface area (Å²) < 4.78 is 0. The smallest absolute Gasteiger partial charge is 0.223 e. The molecule has 114 valence electrons. The Morgan fingerprint density at radius 2 is 1.73 bits per heavy atom. The molecule has 0 saturated carbocycles. The van der Waals surface area contributed by atoms with Crippen LogP contribution in [0, 0.1) is 0 Å². The molecule has 0 heterocycles. The molecule has 0 aliphatic carbocycles. The molecule has 2 N–H and O–H groups in total. The molecule has 0 unspecified atom stereocenters. The summed E-state index contributed by atoms with van der Waals surface area (Å²) in [5.74, 6) is -0.0150. The molecule has 0 spiro atoms. The van der Waals surface area contributed by atoms with Gasteiger partial charge in [-0.25, -0.2) is 0 Å². The molecule has 0 bridgehead atoms. The molecule has 0 fully saturated rings. The first-order chi connectivity index (χ1) is 10.5. The first-order valence-electron chi connectivity index (χ1n) is 6.63. The number of carbonyl (C=O) groups excluding carboxylic acids is 1. The maximum atomic E-state index is 11.3. The quantitative estimate of drug-likeness (QED) is 0.829. The monoisotopic (exact) mass is 333 g/mol. The van der Waals surface area contributed by atoms with Crippen molar-refractivity contribution in [3.8, 4) is 0 Å². The maximum absolute atomic E-state index is 11.3. The van der Waals surface area contributed by atoms with Gasteiger partial charge < -0.3 is 15.5 Å². The number of hydrogen-bond acceptors (Lipinski definition) is 2. The molecule has 6 heteroatoms. The molecule has 0 aliphatic rings. The van der Waals surface area contributed by atoms with Crippen LogP contribution in [0.15, 0.2) is 48.5 Å². The maximum Gasteiger partial charge on any atom is 0.223 e. The van der Waals surface area contributed by atoms with Gasteiger partial charge in [0.1, 0.15) is 0 Å². The van der Waals surface area contributed by atoms with Crippen molar-refractivity contribution in [2.45, 2.75) is 6.92 Å². The average Bonchev–Trinajstić information content (AvgIpc) is 2.47. The number of hydrogen-bond donors (Lipinski definition) is 2. The molecular formula is C16H16ClN3OS. The van der Waals surface area contributed by atoms with Crippen LogP contribution in [0.2, 0.25) is 5.02 Å². The molecule has 22 heavy (non-hydrogen) atoms. The first-order valence-corrected chi connectivity index (χ1v) is 7.42. The van der Waals surface area contributed by atoms with Crippen molar-refractivity contribution in [3.63, 3.8) is 0 Å². The number of benzene rings is 2. The van der Waals surface area contributed by atoms with Crippen LogP contribution in [0.5, 0.6) is 0 Å². The Balaban J connectivity index is 1.98. The van der Waals surface area contributed by atoms with Gasteiger partial charge in [-0.1, -0.05) is 17.7 Å². The van der Waals surface area contributed by atoms with E-state index in [1.165, 1.54) is 6.92 Å². The van der Waals surface area contributed by atoms with Gasteiger partial charge in [0.15, 0.2) is 5.11 Å². The van der Waals surface area contributed by atoms with E-state index < -0.39 is 0 Å². The van der Waals surface area contributed by atoms with E-state index in [-0.39, 0.29) is 5.91 Å². The van der Waals surface area contributed by atoms with Crippen LogP contribution in [-0.4, -0.2) is 18.1 Å². The molecule has 0 aromatic heterocycles. The van der Waals surface area contributed by atoms with E-state index in [4.69, 9.17) is 23.8 Å². The molecular weight excluding hydrogens is 318 g/mol. The van der Waals surface area contributed by atoms with Crippen molar-refractivity contribution in [1.29, 1.82) is 0 Å². The zero-order valence-electron chi connectivity index (χ0n) is 12.3. The van der Waals surface area contributed by atoms with Gasteiger partial charge >= 0.3 is 0 Å². The third-order valence-electron chi connectivity index (χ3n) is 3.07. The van der Waals surface area contributed by atoms with Crippen LogP contribution in [0.1, 0.15) is 6.92 Å². The van der Waals surface area contributed by atoms with Crippen molar-refractivity contribution in [1.82, 2.24) is 0 Å². The number of nitrogens with one attached hydrogen (secondary N) is 2. The van der Waals surface area contributed by atoms with Crippen LogP contribution in [-0.2, 0) is 4.79 Å². The van der Waals surface area contributed by atoms with Crippen LogP contribution >= 0.6 is 23.8 Å². The van der Waals surface area contributed by atoms with E-state index in [2.05, 4.69) is 10.6 Å². The summed E-state index contributed by atoms with van der Waals surface area (Å²) in [6.45, 7) is 1.52. The Morgan fingerprint density at radius 1 is 1.09 bits per heavy atom. The Kier molecular flexibility index (Phi) is 5.35. The molecule has 0 radical (unpaired) electrons. The summed E-state index contributed by atoms with van der Waals surface area (Å²) in [6, 6.07) is 14.7. The van der Waals surface area contributed by atoms with E-state index in [1.54, 1.807) is 24.1 Å². The summed E-state index contributed by atoms with van der Waals surface area (Å²) >= 11 is 11.2. The fourth-order valence-electron chi connectivity index (χ4n) is 1.81. The van der Waals surface area contributed by atoms with E-state index in [9.17, 15) is 4.79 Å². The lowest BCUT2D eigenvalue weighted by Crippen LogP contribution is -2.23. The number of anilines is 3. The number of thiocarbonyl (C=S) groups is 1. The SMILES string of the molecule is CC(=O)N(C)c1ccc(NC(=S)Nc2cccc(Cl)c2)cc1. The van der Waals surface area contributed by atoms with Gasteiger partial charge in [-0.15, -0.1) is 0 Å². The highest BCUT2D eigenvalue weighted by Gasteiger charge is 2.05. The second-order valence-electron chi connectivity index (χ2n) is 4.71. The van der Waals surface area contributed by atoms with E-state index in [0.29, 0.717) is 10.1 Å². The van der Waals surface area contributed by atoms with Crippen molar-refractivity contribution in [2.75, 3.05) is 22.6 Å². The molecule has 4 nitrogen and oxygen atoms in total. The Labute approximate surface area is 140 Å². The highest BCUT2D eigenvalue weighted by atomic mass is 35.5. The Hall–Kier alpha value is -2.11. The van der Waals surface area contributed by atoms with Crippen LogP contribution in [0.3, 0.4) is 0 Å². The van der Waals surface area contributed by atoms with Gasteiger partial charge in [0.05, 0.1) is 0 Å². The van der Waals surface area contributed by atoms with Gasteiger partial charge in [-0.2, -0.15) is 0 Å². The molecule has 1 amide bonds. The van der Waals surface area contributed by atoms with Gasteiger partial charge in [0.2, 0.25) is 5.91 Å². The minimum absolute atomic E-state index is 0.0150. The number of carbonyl (C=O) groups is 1. The van der Waals surface area contributed by atoms with Gasteiger partial charge in [0.25, 0.3) is 0 Å². The van der Waals surface area contributed by atoms with Crippen molar-refractivity contribution >= 4 is 51.9 Å². The van der Waals surface area contributed by atoms with Crippen LogP contribution in [0.4, 0.5) is 17.1 Å². The normalized spacial score (nSPS) is 9.95. The van der Waals surface area contributed by atoms with E-state index in [0.717, 1.165) is 17.1 Å². The highest BCUT2D eigenvalue weighted by molar-refractivity contribution is 7.80. The van der Waals surface area contributed by atoms with E-state index >= 15 is 0 Å². The lowest BCUT2D eigenvalue weighted by atomic mass is 10.2. The largest absolute Gasteiger partial charge is 0.332 e. The third-order valence-corrected chi connectivity index (χ3v) is 3.51. The van der Waals surface area contributed by atoms with Crippen LogP contribution in [0.25, 0.3) is 0 Å². The Morgan fingerprint density at radius 3 is 2.32 bits per heavy atom. The number of amides is 1. The van der Waals surface area contributed by atoms with Crippen molar-refractivity contribution in [2.24, 2.45) is 0 Å². The average molecular weight is 334 g/mol. The topological polar surface area (TPSA) is 44.4 Å². The minimum Gasteiger partial charge on any atom is -0.332 e. The zero-order valence-corrected chi connectivity index (χ0v) is 13.8. The summed E-state index contributed by atoms with van der Waals surface area (Å²) in [5.41, 5.74) is 2.48. The Bertz CT molecular complexity index is 688. The van der Waals surface area contributed by atoms with Crippen molar-refractivity contribution < 1.29 is 4.79 Å². The lowest BCUT2D eigenvalue weighted by Gasteiger charge is -2.16. The second-order valence-corrected chi connectivity index (χ2v) is 5.56. The summed E-state index contributed by atoms with van der Waals surface area (Å²) in [6.07, 6.45) is 0. The molecule has 0 saturated heterocycles. The predicted molar refractivity (Wildman–Crippen MR) is 96.8 cm³/mol. The van der Waals surface area contributed by atoms with Gasteiger partial charge in [-0.3, -0.25) is 4.79 Å². The number of halogens is 1.